The fourth-order valence-electron chi connectivity index (χ4n) is 2.19. The van der Waals surface area contributed by atoms with Gasteiger partial charge in [0.1, 0.15) is 5.41 Å². The normalized spacial score (nSPS) is 22.3. The molecule has 0 spiro atoms. The number of halogens is 2. The number of aromatic nitrogens is 1. The quantitative estimate of drug-likeness (QED) is 0.890. The molecule has 0 unspecified atom stereocenters. The van der Waals surface area contributed by atoms with Crippen LogP contribution in [0, 0.1) is 6.92 Å². The number of carboxylic acid groups (broad SMARTS) is 1. The fourth-order valence-corrected chi connectivity index (χ4v) is 3.21. The van der Waals surface area contributed by atoms with E-state index in [2.05, 4.69) is 4.98 Å². The van der Waals surface area contributed by atoms with Crippen LogP contribution in [0.4, 0.5) is 8.78 Å². The van der Waals surface area contributed by atoms with E-state index >= 15 is 0 Å². The molecular weight excluding hydrogens is 248 g/mol. The standard InChI is InChI=1S/C11H13F2NO2S/c1-7-14-6-8(17-7)10(9(15)16)2-4-11(12,13)5-3-10/h6H,2-5H2,1H3,(H,15,16). The molecule has 3 nitrogen and oxygen atoms in total. The Balaban J connectivity index is 2.33. The number of carboxylic acids is 1. The van der Waals surface area contributed by atoms with Crippen LogP contribution in [-0.2, 0) is 10.2 Å². The maximum atomic E-state index is 13.1. The Kier molecular flexibility index (Phi) is 2.93. The SMILES string of the molecule is Cc1ncc(C2(C(=O)O)CCC(F)(F)CC2)s1. The largest absolute Gasteiger partial charge is 0.481 e. The maximum Gasteiger partial charge on any atom is 0.315 e. The maximum absolute atomic E-state index is 13.1. The molecule has 1 fully saturated rings. The number of alkyl halides is 2. The summed E-state index contributed by atoms with van der Waals surface area (Å²) in [6.07, 6.45) is 0.748. The van der Waals surface area contributed by atoms with E-state index in [-0.39, 0.29) is 25.7 Å². The summed E-state index contributed by atoms with van der Waals surface area (Å²) in [6.45, 7) is 1.78. The molecule has 0 aromatic carbocycles. The van der Waals surface area contributed by atoms with Crippen molar-refractivity contribution < 1.29 is 18.7 Å². The molecular formula is C11H13F2NO2S. The van der Waals surface area contributed by atoms with E-state index in [0.717, 1.165) is 5.01 Å². The molecule has 0 radical (unpaired) electrons. The third-order valence-electron chi connectivity index (χ3n) is 3.34. The van der Waals surface area contributed by atoms with Crippen molar-refractivity contribution in [2.75, 3.05) is 0 Å². The van der Waals surface area contributed by atoms with Gasteiger partial charge in [-0.3, -0.25) is 4.79 Å². The zero-order valence-electron chi connectivity index (χ0n) is 9.37. The Morgan fingerprint density at radius 3 is 2.41 bits per heavy atom. The lowest BCUT2D eigenvalue weighted by Crippen LogP contribution is -2.42. The monoisotopic (exact) mass is 261 g/mol. The lowest BCUT2D eigenvalue weighted by molar-refractivity contribution is -0.148. The minimum Gasteiger partial charge on any atom is -0.481 e. The third kappa shape index (κ3) is 2.18. The third-order valence-corrected chi connectivity index (χ3v) is 4.45. The van der Waals surface area contributed by atoms with Gasteiger partial charge in [-0.2, -0.15) is 0 Å². The first-order valence-corrected chi connectivity index (χ1v) is 6.22. The number of rotatable bonds is 2. The number of hydrogen-bond acceptors (Lipinski definition) is 3. The zero-order chi connectivity index (χ0) is 12.7. The van der Waals surface area contributed by atoms with Crippen LogP contribution in [-0.4, -0.2) is 22.0 Å². The van der Waals surface area contributed by atoms with Crippen molar-refractivity contribution in [1.29, 1.82) is 0 Å². The van der Waals surface area contributed by atoms with Crippen molar-refractivity contribution in [3.8, 4) is 0 Å². The summed E-state index contributed by atoms with van der Waals surface area (Å²) < 4.78 is 26.3. The van der Waals surface area contributed by atoms with E-state index in [4.69, 9.17) is 0 Å². The molecule has 0 saturated heterocycles. The minimum atomic E-state index is -2.72. The summed E-state index contributed by atoms with van der Waals surface area (Å²) >= 11 is 1.28. The van der Waals surface area contributed by atoms with Gasteiger partial charge in [-0.25, -0.2) is 13.8 Å². The number of nitrogens with zero attached hydrogens (tertiary/aromatic N) is 1. The van der Waals surface area contributed by atoms with E-state index in [1.807, 2.05) is 0 Å². The highest BCUT2D eigenvalue weighted by atomic mass is 32.1. The second-order valence-electron chi connectivity index (χ2n) is 4.49. The van der Waals surface area contributed by atoms with Gasteiger partial charge in [-0.15, -0.1) is 11.3 Å². The van der Waals surface area contributed by atoms with Gasteiger partial charge >= 0.3 is 5.97 Å². The predicted molar refractivity (Wildman–Crippen MR) is 59.6 cm³/mol. The van der Waals surface area contributed by atoms with Gasteiger partial charge in [0.25, 0.3) is 0 Å². The van der Waals surface area contributed by atoms with Crippen molar-refractivity contribution >= 4 is 17.3 Å². The molecule has 1 saturated carbocycles. The first kappa shape index (κ1) is 12.4. The number of thiazole rings is 1. The molecule has 2 rings (SSSR count). The van der Waals surface area contributed by atoms with Crippen LogP contribution in [0.3, 0.4) is 0 Å². The fraction of sp³-hybridized carbons (Fsp3) is 0.636. The molecule has 1 N–H and O–H groups in total. The Morgan fingerprint density at radius 1 is 1.41 bits per heavy atom. The van der Waals surface area contributed by atoms with E-state index in [9.17, 15) is 18.7 Å². The summed E-state index contributed by atoms with van der Waals surface area (Å²) in [5.74, 6) is -3.74. The number of aryl methyl sites for hydroxylation is 1. The van der Waals surface area contributed by atoms with Gasteiger partial charge in [0, 0.05) is 23.9 Å². The van der Waals surface area contributed by atoms with Crippen molar-refractivity contribution in [3.63, 3.8) is 0 Å². The summed E-state index contributed by atoms with van der Waals surface area (Å²) in [5.41, 5.74) is -1.16. The average Bonchev–Trinajstić information content (AvgIpc) is 2.65. The van der Waals surface area contributed by atoms with Gasteiger partial charge in [-0.1, -0.05) is 0 Å². The molecule has 1 aliphatic rings. The van der Waals surface area contributed by atoms with Gasteiger partial charge in [0.15, 0.2) is 0 Å². The molecule has 0 atom stereocenters. The van der Waals surface area contributed by atoms with Crippen LogP contribution >= 0.6 is 11.3 Å². The molecule has 1 aromatic rings. The second kappa shape index (κ2) is 4.01. The lowest BCUT2D eigenvalue weighted by Gasteiger charge is -2.35. The van der Waals surface area contributed by atoms with Gasteiger partial charge in [-0.05, 0) is 19.8 Å². The summed E-state index contributed by atoms with van der Waals surface area (Å²) in [4.78, 5) is 16.0. The molecule has 6 heteroatoms. The van der Waals surface area contributed by atoms with Gasteiger partial charge in [0.2, 0.25) is 5.92 Å². The first-order chi connectivity index (χ1) is 7.86. The Labute approximate surface area is 101 Å². The highest BCUT2D eigenvalue weighted by Crippen LogP contribution is 2.47. The highest BCUT2D eigenvalue weighted by Gasteiger charge is 2.50. The van der Waals surface area contributed by atoms with E-state index in [1.54, 1.807) is 6.92 Å². The van der Waals surface area contributed by atoms with Gasteiger partial charge in [0.05, 0.1) is 5.01 Å². The number of carbonyl (C=O) groups is 1. The zero-order valence-corrected chi connectivity index (χ0v) is 10.2. The topological polar surface area (TPSA) is 50.2 Å². The van der Waals surface area contributed by atoms with Crippen LogP contribution in [0.5, 0.6) is 0 Å². The molecule has 1 aliphatic carbocycles. The smallest absolute Gasteiger partial charge is 0.315 e. The molecule has 0 bridgehead atoms. The second-order valence-corrected chi connectivity index (χ2v) is 5.72. The predicted octanol–water partition coefficient (Wildman–Crippen LogP) is 2.98. The average molecular weight is 261 g/mol. The Hall–Kier alpha value is -1.04. The lowest BCUT2D eigenvalue weighted by atomic mass is 9.72. The molecule has 0 aliphatic heterocycles. The van der Waals surface area contributed by atoms with Crippen molar-refractivity contribution in [1.82, 2.24) is 4.98 Å². The van der Waals surface area contributed by atoms with E-state index in [0.29, 0.717) is 4.88 Å². The highest BCUT2D eigenvalue weighted by molar-refractivity contribution is 7.11. The van der Waals surface area contributed by atoms with Crippen molar-refractivity contribution in [3.05, 3.63) is 16.1 Å². The van der Waals surface area contributed by atoms with Crippen LogP contribution in [0.25, 0.3) is 0 Å². The molecule has 0 amide bonds. The first-order valence-electron chi connectivity index (χ1n) is 5.40. The summed E-state index contributed by atoms with van der Waals surface area (Å²) in [5, 5.41) is 10.1. The van der Waals surface area contributed by atoms with Crippen LogP contribution in [0.2, 0.25) is 0 Å². The van der Waals surface area contributed by atoms with E-state index < -0.39 is 17.3 Å². The molecule has 94 valence electrons. The van der Waals surface area contributed by atoms with Gasteiger partial charge < -0.3 is 5.11 Å². The number of hydrogen-bond donors (Lipinski definition) is 1. The minimum absolute atomic E-state index is 0.0169. The number of aliphatic carboxylic acids is 1. The molecule has 1 aromatic heterocycles. The van der Waals surface area contributed by atoms with Crippen LogP contribution in [0.15, 0.2) is 6.20 Å². The van der Waals surface area contributed by atoms with E-state index in [1.165, 1.54) is 17.5 Å². The Morgan fingerprint density at radius 2 is 2.00 bits per heavy atom. The van der Waals surface area contributed by atoms with Crippen LogP contribution in [0.1, 0.15) is 35.6 Å². The summed E-state index contributed by atoms with van der Waals surface area (Å²) in [7, 11) is 0. The van der Waals surface area contributed by atoms with Crippen LogP contribution < -0.4 is 0 Å². The molecule has 17 heavy (non-hydrogen) atoms. The summed E-state index contributed by atoms with van der Waals surface area (Å²) in [6, 6.07) is 0. The van der Waals surface area contributed by atoms with Crippen molar-refractivity contribution in [2.45, 2.75) is 43.9 Å². The Bertz CT molecular complexity index is 434. The molecule has 1 heterocycles. The van der Waals surface area contributed by atoms with Crippen molar-refractivity contribution in [2.24, 2.45) is 0 Å².